The Labute approximate surface area is 255 Å². The number of ether oxygens (including phenoxy) is 5. The summed E-state index contributed by atoms with van der Waals surface area (Å²) in [6.07, 6.45) is 1.13. The van der Waals surface area contributed by atoms with Crippen LogP contribution in [0.2, 0.25) is 0 Å². The number of carbonyl (C=O) groups is 2. The number of fused-ring (bicyclic) bond motifs is 4. The minimum Gasteiger partial charge on any atom is -0.493 e. The summed E-state index contributed by atoms with van der Waals surface area (Å²) in [7, 11) is 4.65. The zero-order valence-electron chi connectivity index (χ0n) is 25.7. The first-order chi connectivity index (χ1) is 21.1. The third-order valence-corrected chi connectivity index (χ3v) is 7.82. The maximum Gasteiger partial charge on any atom is 0.247 e. The summed E-state index contributed by atoms with van der Waals surface area (Å²) >= 11 is 0. The van der Waals surface area contributed by atoms with E-state index in [4.69, 9.17) is 23.7 Å². The SMILES string of the molecule is COc1cc2c(c(OC)c1OC)-c1ccc(N[C@H](C(=O)Nc3ccc4c(c3)OCO4)C(C)C)c(=O)cc1[C@@H](NC(C)=O)CC2. The van der Waals surface area contributed by atoms with Gasteiger partial charge < -0.3 is 39.6 Å². The Hall–Kier alpha value is -4.93. The Morgan fingerprint density at radius 3 is 2.36 bits per heavy atom. The quantitative estimate of drug-likeness (QED) is 0.319. The van der Waals surface area contributed by atoms with Gasteiger partial charge in [0.1, 0.15) is 6.04 Å². The van der Waals surface area contributed by atoms with E-state index in [1.807, 2.05) is 26.0 Å². The average Bonchev–Trinajstić information content (AvgIpc) is 3.34. The molecule has 3 aromatic rings. The van der Waals surface area contributed by atoms with E-state index in [-0.39, 0.29) is 35.6 Å². The lowest BCUT2D eigenvalue weighted by Crippen LogP contribution is -2.39. The highest BCUT2D eigenvalue weighted by Gasteiger charge is 2.30. The van der Waals surface area contributed by atoms with E-state index in [9.17, 15) is 14.4 Å². The van der Waals surface area contributed by atoms with Crippen molar-refractivity contribution in [1.29, 1.82) is 0 Å². The number of methoxy groups -OCH3 is 3. The van der Waals surface area contributed by atoms with Crippen LogP contribution in [0.4, 0.5) is 11.4 Å². The molecule has 11 heteroatoms. The van der Waals surface area contributed by atoms with E-state index >= 15 is 0 Å². The molecule has 1 heterocycles. The molecule has 1 aliphatic heterocycles. The van der Waals surface area contributed by atoms with E-state index in [1.54, 1.807) is 38.5 Å². The standard InChI is InChI=1S/C33H37N3O8/c1-17(2)30(33(39)35-20-8-12-26-27(14-20)44-16-43-26)36-24-11-9-21-22(15-25(24)38)23(34-18(3)37)10-7-19-13-28(40-4)31(41-5)32(42-6)29(19)21/h8-9,11-15,17,23,30H,7,10,16H2,1-6H3,(H,34,37)(H,35,39)(H,36,38)/t23-,30-/m0/s1. The molecule has 0 saturated carbocycles. The molecule has 3 N–H and O–H groups in total. The molecule has 0 spiro atoms. The third-order valence-electron chi connectivity index (χ3n) is 7.82. The molecule has 2 amide bonds. The number of hydrogen-bond donors (Lipinski definition) is 3. The minimum absolute atomic E-state index is 0.129. The first-order valence-electron chi connectivity index (χ1n) is 14.4. The van der Waals surface area contributed by atoms with Crippen molar-refractivity contribution in [1.82, 2.24) is 5.32 Å². The van der Waals surface area contributed by atoms with Crippen LogP contribution in [0.15, 0.2) is 47.3 Å². The smallest absolute Gasteiger partial charge is 0.247 e. The Balaban J connectivity index is 1.57. The van der Waals surface area contributed by atoms with E-state index in [0.29, 0.717) is 58.4 Å². The van der Waals surface area contributed by atoms with Gasteiger partial charge in [0.25, 0.3) is 0 Å². The van der Waals surface area contributed by atoms with Crippen LogP contribution in [-0.2, 0) is 16.0 Å². The number of carbonyl (C=O) groups excluding carboxylic acids is 2. The van der Waals surface area contributed by atoms with Gasteiger partial charge in [0, 0.05) is 24.2 Å². The molecule has 5 rings (SSSR count). The van der Waals surface area contributed by atoms with Crippen LogP contribution >= 0.6 is 0 Å². The van der Waals surface area contributed by atoms with Gasteiger partial charge in [-0.2, -0.15) is 0 Å². The lowest BCUT2D eigenvalue weighted by Gasteiger charge is -2.22. The van der Waals surface area contributed by atoms with Crippen LogP contribution in [0.1, 0.15) is 44.4 Å². The van der Waals surface area contributed by atoms with Gasteiger partial charge in [-0.1, -0.05) is 19.9 Å². The van der Waals surface area contributed by atoms with Crippen LogP contribution in [-0.4, -0.2) is 46.0 Å². The molecular weight excluding hydrogens is 566 g/mol. The molecule has 1 aliphatic carbocycles. The summed E-state index contributed by atoms with van der Waals surface area (Å²) in [6.45, 7) is 5.37. The highest BCUT2D eigenvalue weighted by atomic mass is 16.7. The second kappa shape index (κ2) is 12.7. The minimum atomic E-state index is -0.743. The Bertz CT molecular complexity index is 1660. The first-order valence-corrected chi connectivity index (χ1v) is 14.4. The number of benzene rings is 2. The van der Waals surface area contributed by atoms with E-state index < -0.39 is 12.1 Å². The van der Waals surface area contributed by atoms with Gasteiger partial charge in [-0.15, -0.1) is 0 Å². The molecule has 0 unspecified atom stereocenters. The molecule has 11 nitrogen and oxygen atoms in total. The van der Waals surface area contributed by atoms with Crippen LogP contribution in [0.5, 0.6) is 28.7 Å². The van der Waals surface area contributed by atoms with Crippen LogP contribution < -0.4 is 45.1 Å². The molecule has 0 fully saturated rings. The highest BCUT2D eigenvalue weighted by molar-refractivity contribution is 5.97. The zero-order valence-corrected chi connectivity index (χ0v) is 25.7. The normalized spacial score (nSPS) is 15.3. The largest absolute Gasteiger partial charge is 0.493 e. The van der Waals surface area contributed by atoms with E-state index in [0.717, 1.165) is 11.1 Å². The summed E-state index contributed by atoms with van der Waals surface area (Å²) in [6, 6.07) is 10.9. The van der Waals surface area contributed by atoms with Gasteiger partial charge in [0.15, 0.2) is 23.0 Å². The lowest BCUT2D eigenvalue weighted by atomic mass is 9.95. The van der Waals surface area contributed by atoms with Gasteiger partial charge in [0.2, 0.25) is 29.8 Å². The Morgan fingerprint density at radius 1 is 0.932 bits per heavy atom. The van der Waals surface area contributed by atoms with E-state index in [2.05, 4.69) is 16.0 Å². The topological polar surface area (TPSA) is 133 Å². The third kappa shape index (κ3) is 5.95. The second-order valence-electron chi connectivity index (χ2n) is 11.0. The second-order valence-corrected chi connectivity index (χ2v) is 11.0. The summed E-state index contributed by atoms with van der Waals surface area (Å²) < 4.78 is 27.9. The van der Waals surface area contributed by atoms with Gasteiger partial charge in [0.05, 0.1) is 33.1 Å². The number of anilines is 2. The fourth-order valence-electron chi connectivity index (χ4n) is 5.72. The number of aryl methyl sites for hydroxylation is 1. The molecule has 0 aromatic heterocycles. The molecule has 2 atom stereocenters. The zero-order chi connectivity index (χ0) is 31.5. The lowest BCUT2D eigenvalue weighted by molar-refractivity contribution is -0.120. The van der Waals surface area contributed by atoms with E-state index in [1.165, 1.54) is 20.1 Å². The van der Waals surface area contributed by atoms with Crippen molar-refractivity contribution in [3.8, 4) is 39.9 Å². The van der Waals surface area contributed by atoms with Crippen molar-refractivity contribution in [2.45, 2.75) is 45.7 Å². The Morgan fingerprint density at radius 2 is 1.68 bits per heavy atom. The summed E-state index contributed by atoms with van der Waals surface area (Å²) in [4.78, 5) is 39.5. The molecule has 3 aromatic carbocycles. The maximum atomic E-state index is 13.8. The molecule has 0 radical (unpaired) electrons. The maximum absolute atomic E-state index is 13.8. The van der Waals surface area contributed by atoms with Gasteiger partial charge >= 0.3 is 0 Å². The summed E-state index contributed by atoms with van der Waals surface area (Å²) in [5.41, 5.74) is 3.45. The molecular formula is C33H37N3O8. The number of rotatable bonds is 9. The van der Waals surface area contributed by atoms with Crippen molar-refractivity contribution in [3.63, 3.8) is 0 Å². The fourth-order valence-corrected chi connectivity index (χ4v) is 5.72. The highest BCUT2D eigenvalue weighted by Crippen LogP contribution is 2.50. The Kier molecular flexibility index (Phi) is 8.84. The number of hydrogen-bond acceptors (Lipinski definition) is 9. The molecule has 232 valence electrons. The van der Waals surface area contributed by atoms with Gasteiger partial charge in [-0.25, -0.2) is 0 Å². The molecule has 2 aliphatic rings. The summed E-state index contributed by atoms with van der Waals surface area (Å²) in [5.74, 6) is 1.86. The molecule has 0 bridgehead atoms. The van der Waals surface area contributed by atoms with Crippen molar-refractivity contribution in [2.24, 2.45) is 5.92 Å². The number of nitrogens with one attached hydrogen (secondary N) is 3. The predicted octanol–water partition coefficient (Wildman–Crippen LogP) is 4.67. The van der Waals surface area contributed by atoms with Crippen LogP contribution in [0, 0.1) is 5.92 Å². The summed E-state index contributed by atoms with van der Waals surface area (Å²) in [5, 5.41) is 9.10. The van der Waals surface area contributed by atoms with Crippen molar-refractivity contribution >= 4 is 23.2 Å². The van der Waals surface area contributed by atoms with Crippen molar-refractivity contribution < 1.29 is 33.3 Å². The molecule has 44 heavy (non-hydrogen) atoms. The first kappa shape index (κ1) is 30.5. The molecule has 0 saturated heterocycles. The number of amides is 2. The van der Waals surface area contributed by atoms with Gasteiger partial charge in [-0.05, 0) is 65.8 Å². The monoisotopic (exact) mass is 603 g/mol. The average molecular weight is 604 g/mol. The fraction of sp³-hybridized carbons (Fsp3) is 0.364. The van der Waals surface area contributed by atoms with Gasteiger partial charge in [-0.3, -0.25) is 14.4 Å². The van der Waals surface area contributed by atoms with Crippen molar-refractivity contribution in [2.75, 3.05) is 38.8 Å². The van der Waals surface area contributed by atoms with Crippen LogP contribution in [0.25, 0.3) is 11.1 Å². The van der Waals surface area contributed by atoms with Crippen molar-refractivity contribution in [3.05, 3.63) is 63.8 Å². The predicted molar refractivity (Wildman–Crippen MR) is 166 cm³/mol. The van der Waals surface area contributed by atoms with Crippen LogP contribution in [0.3, 0.4) is 0 Å².